The molecule has 0 fully saturated rings. The summed E-state index contributed by atoms with van der Waals surface area (Å²) in [4.78, 5) is 12.6. The first-order valence-electron chi connectivity index (χ1n) is 8.52. The summed E-state index contributed by atoms with van der Waals surface area (Å²) in [5.74, 6) is 1.08. The number of hydrogen-bond donors (Lipinski definition) is 1. The molecule has 1 amide bonds. The molecule has 1 aromatic rings. The van der Waals surface area contributed by atoms with Crippen molar-refractivity contribution in [2.75, 3.05) is 11.9 Å². The van der Waals surface area contributed by atoms with Crippen LogP contribution in [0, 0.1) is 5.92 Å². The highest BCUT2D eigenvalue weighted by Crippen LogP contribution is 2.24. The lowest BCUT2D eigenvalue weighted by molar-refractivity contribution is -0.140. The van der Waals surface area contributed by atoms with E-state index in [4.69, 9.17) is 9.47 Å². The lowest BCUT2D eigenvalue weighted by Crippen LogP contribution is -2.43. The molecule has 0 heterocycles. The summed E-state index contributed by atoms with van der Waals surface area (Å²) < 4.78 is 11.5. The molecule has 0 unspecified atom stereocenters. The molecule has 0 saturated heterocycles. The van der Waals surface area contributed by atoms with Crippen LogP contribution >= 0.6 is 0 Å². The van der Waals surface area contributed by atoms with E-state index >= 15 is 0 Å². The van der Waals surface area contributed by atoms with E-state index in [1.807, 2.05) is 45.0 Å². The molecular weight excluding hydrogens is 290 g/mol. The topological polar surface area (TPSA) is 47.6 Å². The second-order valence-electron chi connectivity index (χ2n) is 6.58. The van der Waals surface area contributed by atoms with Crippen LogP contribution in [-0.2, 0) is 9.53 Å². The number of rotatable bonds is 9. The van der Waals surface area contributed by atoms with Crippen LogP contribution in [0.15, 0.2) is 24.3 Å². The van der Waals surface area contributed by atoms with Crippen molar-refractivity contribution in [1.29, 1.82) is 0 Å². The highest BCUT2D eigenvalue weighted by molar-refractivity contribution is 5.97. The van der Waals surface area contributed by atoms with Gasteiger partial charge >= 0.3 is 0 Å². The van der Waals surface area contributed by atoms with Crippen molar-refractivity contribution < 1.29 is 14.3 Å². The predicted octanol–water partition coefficient (Wildman–Crippen LogP) is 4.64. The summed E-state index contributed by atoms with van der Waals surface area (Å²) in [5.41, 5.74) is -0.0596. The zero-order valence-corrected chi connectivity index (χ0v) is 15.3. The second-order valence-corrected chi connectivity index (χ2v) is 6.58. The van der Waals surface area contributed by atoms with Crippen molar-refractivity contribution >= 4 is 11.6 Å². The van der Waals surface area contributed by atoms with Gasteiger partial charge in [0, 0.05) is 12.3 Å². The maximum atomic E-state index is 12.6. The summed E-state index contributed by atoms with van der Waals surface area (Å²) in [5, 5.41) is 2.95. The smallest absolute Gasteiger partial charge is 0.256 e. The Kier molecular flexibility index (Phi) is 7.56. The van der Waals surface area contributed by atoms with Gasteiger partial charge in [-0.1, -0.05) is 20.8 Å². The average molecular weight is 321 g/mol. The molecular formula is C19H31NO3. The van der Waals surface area contributed by atoms with E-state index in [9.17, 15) is 4.79 Å². The van der Waals surface area contributed by atoms with Crippen LogP contribution in [-0.4, -0.2) is 24.2 Å². The Morgan fingerprint density at radius 3 is 2.26 bits per heavy atom. The molecule has 4 nitrogen and oxygen atoms in total. The van der Waals surface area contributed by atoms with E-state index in [0.717, 1.165) is 17.9 Å². The quantitative estimate of drug-likeness (QED) is 0.720. The highest BCUT2D eigenvalue weighted by atomic mass is 16.5. The van der Waals surface area contributed by atoms with Crippen molar-refractivity contribution in [2.24, 2.45) is 5.92 Å². The molecule has 0 spiro atoms. The minimum Gasteiger partial charge on any atom is -0.491 e. The number of amides is 1. The Morgan fingerprint density at radius 1 is 1.17 bits per heavy atom. The Hall–Kier alpha value is -1.55. The third kappa shape index (κ3) is 6.22. The van der Waals surface area contributed by atoms with E-state index in [-0.39, 0.29) is 12.0 Å². The molecule has 1 aromatic carbocycles. The molecule has 1 rings (SSSR count). The van der Waals surface area contributed by atoms with Crippen LogP contribution in [0.1, 0.15) is 54.4 Å². The van der Waals surface area contributed by atoms with Crippen molar-refractivity contribution in [1.82, 2.24) is 0 Å². The summed E-state index contributed by atoms with van der Waals surface area (Å²) in [6, 6.07) is 7.47. The van der Waals surface area contributed by atoms with Crippen LogP contribution < -0.4 is 10.1 Å². The number of hydrogen-bond acceptors (Lipinski definition) is 3. The number of nitrogens with one attached hydrogen (secondary N) is 1. The normalized spacial score (nSPS) is 15.1. The van der Waals surface area contributed by atoms with Gasteiger partial charge in [-0.05, 0) is 63.8 Å². The largest absolute Gasteiger partial charge is 0.491 e. The molecule has 4 heteroatoms. The third-order valence-corrected chi connectivity index (χ3v) is 3.77. The minimum absolute atomic E-state index is 0.108. The molecule has 0 radical (unpaired) electrons. The SMILES string of the molecule is CCO[C@](C)(CC(C)C)C(=O)Nc1ccc(O[C@@H](C)CC)cc1. The van der Waals surface area contributed by atoms with E-state index in [2.05, 4.69) is 26.1 Å². The first-order chi connectivity index (χ1) is 10.8. The van der Waals surface area contributed by atoms with Crippen LogP contribution in [0.25, 0.3) is 0 Å². The number of ether oxygens (including phenoxy) is 2. The first-order valence-corrected chi connectivity index (χ1v) is 8.52. The monoisotopic (exact) mass is 321 g/mol. The predicted molar refractivity (Wildman–Crippen MR) is 94.9 cm³/mol. The molecule has 1 N–H and O–H groups in total. The first kappa shape index (κ1) is 19.5. The van der Waals surface area contributed by atoms with Gasteiger partial charge < -0.3 is 14.8 Å². The van der Waals surface area contributed by atoms with Gasteiger partial charge in [-0.25, -0.2) is 0 Å². The number of anilines is 1. The standard InChI is InChI=1S/C19H31NO3/c1-7-15(5)23-17-11-9-16(10-12-17)20-18(21)19(6,22-8-2)13-14(3)4/h9-12,14-15H,7-8,13H2,1-6H3,(H,20,21)/t15-,19+/m0/s1. The zero-order chi connectivity index (χ0) is 17.5. The maximum Gasteiger partial charge on any atom is 0.256 e. The Bertz CT molecular complexity index is 484. The van der Waals surface area contributed by atoms with Gasteiger partial charge in [0.25, 0.3) is 5.91 Å². The number of carbonyl (C=O) groups is 1. The fourth-order valence-corrected chi connectivity index (χ4v) is 2.51. The van der Waals surface area contributed by atoms with Crippen molar-refractivity contribution in [3.05, 3.63) is 24.3 Å². The minimum atomic E-state index is -0.811. The molecule has 0 aromatic heterocycles. The summed E-state index contributed by atoms with van der Waals surface area (Å²) in [6.45, 7) is 12.6. The Balaban J connectivity index is 2.74. The van der Waals surface area contributed by atoms with E-state index in [0.29, 0.717) is 18.9 Å². The molecule has 0 saturated carbocycles. The zero-order valence-electron chi connectivity index (χ0n) is 15.3. The molecule has 130 valence electrons. The molecule has 0 bridgehead atoms. The second kappa shape index (κ2) is 8.92. The fraction of sp³-hybridized carbons (Fsp3) is 0.632. The summed E-state index contributed by atoms with van der Waals surface area (Å²) in [7, 11) is 0. The lowest BCUT2D eigenvalue weighted by atomic mass is 9.93. The van der Waals surface area contributed by atoms with Crippen LogP contribution in [0.4, 0.5) is 5.69 Å². The van der Waals surface area contributed by atoms with E-state index in [1.165, 1.54) is 0 Å². The van der Waals surface area contributed by atoms with Gasteiger partial charge in [0.15, 0.2) is 0 Å². The van der Waals surface area contributed by atoms with Gasteiger partial charge in [0.2, 0.25) is 0 Å². The molecule has 2 atom stereocenters. The van der Waals surface area contributed by atoms with Crippen molar-refractivity contribution in [2.45, 2.75) is 66.1 Å². The van der Waals surface area contributed by atoms with Gasteiger partial charge in [0.1, 0.15) is 11.4 Å². The Labute approximate surface area is 140 Å². The van der Waals surface area contributed by atoms with E-state index < -0.39 is 5.60 Å². The van der Waals surface area contributed by atoms with Crippen LogP contribution in [0.5, 0.6) is 5.75 Å². The highest BCUT2D eigenvalue weighted by Gasteiger charge is 2.34. The fourth-order valence-electron chi connectivity index (χ4n) is 2.51. The van der Waals surface area contributed by atoms with Crippen molar-refractivity contribution in [3.8, 4) is 5.75 Å². The molecule has 0 aliphatic rings. The van der Waals surface area contributed by atoms with Gasteiger partial charge in [-0.2, -0.15) is 0 Å². The summed E-state index contributed by atoms with van der Waals surface area (Å²) >= 11 is 0. The number of carbonyl (C=O) groups excluding carboxylic acids is 1. The lowest BCUT2D eigenvalue weighted by Gasteiger charge is -2.29. The Morgan fingerprint density at radius 2 is 1.78 bits per heavy atom. The molecule has 0 aliphatic heterocycles. The van der Waals surface area contributed by atoms with Crippen molar-refractivity contribution in [3.63, 3.8) is 0 Å². The van der Waals surface area contributed by atoms with Gasteiger partial charge in [0.05, 0.1) is 6.10 Å². The maximum absolute atomic E-state index is 12.6. The number of benzene rings is 1. The third-order valence-electron chi connectivity index (χ3n) is 3.77. The van der Waals surface area contributed by atoms with E-state index in [1.54, 1.807) is 0 Å². The average Bonchev–Trinajstić information content (AvgIpc) is 2.48. The van der Waals surface area contributed by atoms with Gasteiger partial charge in [-0.3, -0.25) is 4.79 Å². The molecule has 0 aliphatic carbocycles. The van der Waals surface area contributed by atoms with Crippen LogP contribution in [0.3, 0.4) is 0 Å². The summed E-state index contributed by atoms with van der Waals surface area (Å²) in [6.07, 6.45) is 1.82. The van der Waals surface area contributed by atoms with Gasteiger partial charge in [-0.15, -0.1) is 0 Å². The van der Waals surface area contributed by atoms with Crippen LogP contribution in [0.2, 0.25) is 0 Å². The molecule has 23 heavy (non-hydrogen) atoms.